The highest BCUT2D eigenvalue weighted by atomic mass is 16.5. The Morgan fingerprint density at radius 2 is 1.68 bits per heavy atom. The minimum atomic E-state index is -0.200. The first-order valence-electron chi connectivity index (χ1n) is 9.23. The van der Waals surface area contributed by atoms with Crippen molar-refractivity contribution in [3.05, 3.63) is 72.1 Å². The molecule has 0 aliphatic rings. The van der Waals surface area contributed by atoms with Crippen molar-refractivity contribution in [2.75, 3.05) is 11.9 Å². The van der Waals surface area contributed by atoms with Crippen molar-refractivity contribution in [2.24, 2.45) is 5.92 Å². The SMILES string of the molecule is Cc1cc(C(=O)NCC(C)C)nc(Nc2ccc(Oc3ccccc3)cc2)n1. The Labute approximate surface area is 165 Å². The number of ether oxygens (including phenoxy) is 1. The van der Waals surface area contributed by atoms with E-state index in [0.29, 0.717) is 24.1 Å². The Kier molecular flexibility index (Phi) is 6.22. The summed E-state index contributed by atoms with van der Waals surface area (Å²) < 4.78 is 5.79. The van der Waals surface area contributed by atoms with Gasteiger partial charge in [-0.05, 0) is 55.3 Å². The molecule has 0 radical (unpaired) electrons. The number of nitrogens with zero attached hydrogens (tertiary/aromatic N) is 2. The molecule has 0 fully saturated rings. The molecule has 1 heterocycles. The number of hydrogen-bond acceptors (Lipinski definition) is 5. The van der Waals surface area contributed by atoms with Crippen LogP contribution in [0.25, 0.3) is 0 Å². The van der Waals surface area contributed by atoms with Crippen LogP contribution in [-0.2, 0) is 0 Å². The summed E-state index contributed by atoms with van der Waals surface area (Å²) >= 11 is 0. The number of aromatic nitrogens is 2. The maximum Gasteiger partial charge on any atom is 0.270 e. The number of anilines is 2. The Bertz CT molecular complexity index is 925. The molecule has 2 aromatic carbocycles. The number of hydrogen-bond donors (Lipinski definition) is 2. The van der Waals surface area contributed by atoms with Gasteiger partial charge >= 0.3 is 0 Å². The van der Waals surface area contributed by atoms with E-state index >= 15 is 0 Å². The number of benzene rings is 2. The standard InChI is InChI=1S/C22H24N4O2/c1-15(2)14-23-21(27)20-13-16(3)24-22(26-20)25-17-9-11-19(12-10-17)28-18-7-5-4-6-8-18/h4-13,15H,14H2,1-3H3,(H,23,27)(H,24,25,26). The average Bonchev–Trinajstić information content (AvgIpc) is 2.68. The van der Waals surface area contributed by atoms with Crippen molar-refractivity contribution in [1.29, 1.82) is 0 Å². The smallest absolute Gasteiger partial charge is 0.270 e. The van der Waals surface area contributed by atoms with Gasteiger partial charge in [0.1, 0.15) is 17.2 Å². The van der Waals surface area contributed by atoms with Crippen molar-refractivity contribution in [2.45, 2.75) is 20.8 Å². The summed E-state index contributed by atoms with van der Waals surface area (Å²) in [4.78, 5) is 21.0. The van der Waals surface area contributed by atoms with E-state index in [9.17, 15) is 4.79 Å². The van der Waals surface area contributed by atoms with Gasteiger partial charge in [-0.1, -0.05) is 32.0 Å². The van der Waals surface area contributed by atoms with Gasteiger partial charge in [-0.25, -0.2) is 9.97 Å². The average molecular weight is 376 g/mol. The van der Waals surface area contributed by atoms with Crippen LogP contribution in [0.3, 0.4) is 0 Å². The van der Waals surface area contributed by atoms with E-state index in [1.54, 1.807) is 6.07 Å². The van der Waals surface area contributed by atoms with Gasteiger partial charge in [0.15, 0.2) is 0 Å². The first-order valence-corrected chi connectivity index (χ1v) is 9.23. The molecule has 6 nitrogen and oxygen atoms in total. The number of amides is 1. The van der Waals surface area contributed by atoms with Gasteiger partial charge in [-0.3, -0.25) is 4.79 Å². The summed E-state index contributed by atoms with van der Waals surface area (Å²) in [5, 5.41) is 6.01. The lowest BCUT2D eigenvalue weighted by Crippen LogP contribution is -2.28. The van der Waals surface area contributed by atoms with Crippen LogP contribution in [-0.4, -0.2) is 22.4 Å². The summed E-state index contributed by atoms with van der Waals surface area (Å²) in [5.41, 5.74) is 1.87. The van der Waals surface area contributed by atoms with Gasteiger partial charge in [0.05, 0.1) is 0 Å². The van der Waals surface area contributed by atoms with E-state index in [0.717, 1.165) is 22.9 Å². The second-order valence-electron chi connectivity index (χ2n) is 6.89. The van der Waals surface area contributed by atoms with Crippen molar-refractivity contribution < 1.29 is 9.53 Å². The molecule has 0 aliphatic carbocycles. The second-order valence-corrected chi connectivity index (χ2v) is 6.89. The van der Waals surface area contributed by atoms with Gasteiger partial charge in [-0.15, -0.1) is 0 Å². The van der Waals surface area contributed by atoms with Crippen LogP contribution in [0.4, 0.5) is 11.6 Å². The highest BCUT2D eigenvalue weighted by Gasteiger charge is 2.11. The molecule has 28 heavy (non-hydrogen) atoms. The number of carbonyl (C=O) groups excluding carboxylic acids is 1. The topological polar surface area (TPSA) is 76.1 Å². The van der Waals surface area contributed by atoms with Crippen LogP contribution in [0, 0.1) is 12.8 Å². The number of para-hydroxylation sites is 1. The molecule has 6 heteroatoms. The van der Waals surface area contributed by atoms with Crippen LogP contribution >= 0.6 is 0 Å². The van der Waals surface area contributed by atoms with Crippen molar-refractivity contribution in [1.82, 2.24) is 15.3 Å². The fourth-order valence-electron chi connectivity index (χ4n) is 2.49. The second kappa shape index (κ2) is 8.99. The maximum absolute atomic E-state index is 12.3. The van der Waals surface area contributed by atoms with Gasteiger partial charge in [0.25, 0.3) is 5.91 Å². The maximum atomic E-state index is 12.3. The third kappa shape index (κ3) is 5.54. The number of aryl methyl sites for hydroxylation is 1. The first-order chi connectivity index (χ1) is 13.5. The van der Waals surface area contributed by atoms with Crippen LogP contribution in [0.15, 0.2) is 60.7 Å². The van der Waals surface area contributed by atoms with Crippen LogP contribution in [0.2, 0.25) is 0 Å². The van der Waals surface area contributed by atoms with Crippen molar-refractivity contribution in [3.8, 4) is 11.5 Å². The monoisotopic (exact) mass is 376 g/mol. The summed E-state index contributed by atoms with van der Waals surface area (Å²) in [6.07, 6.45) is 0. The normalized spacial score (nSPS) is 10.6. The van der Waals surface area contributed by atoms with Crippen molar-refractivity contribution in [3.63, 3.8) is 0 Å². The van der Waals surface area contributed by atoms with Gasteiger partial charge in [-0.2, -0.15) is 0 Å². The Morgan fingerprint density at radius 1 is 1.00 bits per heavy atom. The highest BCUT2D eigenvalue weighted by Crippen LogP contribution is 2.23. The molecule has 3 aromatic rings. The quantitative estimate of drug-likeness (QED) is 0.625. The minimum Gasteiger partial charge on any atom is -0.457 e. The predicted molar refractivity (Wildman–Crippen MR) is 110 cm³/mol. The Hall–Kier alpha value is -3.41. The molecule has 0 aliphatic heterocycles. The highest BCUT2D eigenvalue weighted by molar-refractivity contribution is 5.92. The first kappa shape index (κ1) is 19.4. The number of rotatable bonds is 7. The third-order valence-corrected chi connectivity index (χ3v) is 3.85. The molecule has 0 saturated carbocycles. The Balaban J connectivity index is 1.68. The van der Waals surface area contributed by atoms with E-state index in [4.69, 9.17) is 4.74 Å². The zero-order valence-corrected chi connectivity index (χ0v) is 16.3. The summed E-state index contributed by atoms with van der Waals surface area (Å²) in [7, 11) is 0. The lowest BCUT2D eigenvalue weighted by molar-refractivity contribution is 0.0944. The molecule has 0 spiro atoms. The molecule has 1 aromatic heterocycles. The third-order valence-electron chi connectivity index (χ3n) is 3.85. The fourth-order valence-corrected chi connectivity index (χ4v) is 2.49. The van der Waals surface area contributed by atoms with Gasteiger partial charge < -0.3 is 15.4 Å². The lowest BCUT2D eigenvalue weighted by atomic mass is 10.2. The van der Waals surface area contributed by atoms with Gasteiger partial charge in [0.2, 0.25) is 5.95 Å². The molecule has 2 N–H and O–H groups in total. The molecule has 0 bridgehead atoms. The predicted octanol–water partition coefficient (Wildman–Crippen LogP) is 4.71. The van der Waals surface area contributed by atoms with Crippen molar-refractivity contribution >= 4 is 17.5 Å². The summed E-state index contributed by atoms with van der Waals surface area (Å²) in [6, 6.07) is 18.8. The zero-order chi connectivity index (χ0) is 19.9. The molecule has 0 atom stereocenters. The summed E-state index contributed by atoms with van der Waals surface area (Å²) in [5.74, 6) is 2.07. The van der Waals surface area contributed by atoms with E-state index in [2.05, 4.69) is 20.6 Å². The molecule has 1 amide bonds. The van der Waals surface area contributed by atoms with Crippen LogP contribution < -0.4 is 15.4 Å². The Morgan fingerprint density at radius 3 is 2.36 bits per heavy atom. The summed E-state index contributed by atoms with van der Waals surface area (Å²) in [6.45, 7) is 6.53. The van der Waals surface area contributed by atoms with Gasteiger partial charge in [0, 0.05) is 17.9 Å². The lowest BCUT2D eigenvalue weighted by Gasteiger charge is -2.10. The number of carbonyl (C=O) groups is 1. The molecule has 0 saturated heterocycles. The zero-order valence-electron chi connectivity index (χ0n) is 16.3. The van der Waals surface area contributed by atoms with Crippen LogP contribution in [0.1, 0.15) is 30.0 Å². The number of nitrogens with one attached hydrogen (secondary N) is 2. The van der Waals surface area contributed by atoms with Crippen LogP contribution in [0.5, 0.6) is 11.5 Å². The molecule has 0 unspecified atom stereocenters. The van der Waals surface area contributed by atoms with E-state index in [1.807, 2.05) is 75.4 Å². The van der Waals surface area contributed by atoms with E-state index in [-0.39, 0.29) is 5.91 Å². The molecular formula is C22H24N4O2. The van der Waals surface area contributed by atoms with E-state index in [1.165, 1.54) is 0 Å². The molecule has 144 valence electrons. The largest absolute Gasteiger partial charge is 0.457 e. The fraction of sp³-hybridized carbons (Fsp3) is 0.227. The molecular weight excluding hydrogens is 352 g/mol. The minimum absolute atomic E-state index is 0.200. The molecule has 3 rings (SSSR count). The van der Waals surface area contributed by atoms with E-state index < -0.39 is 0 Å².